The summed E-state index contributed by atoms with van der Waals surface area (Å²) in [6, 6.07) is 0. The summed E-state index contributed by atoms with van der Waals surface area (Å²) >= 11 is 0. The topological polar surface area (TPSA) is 105 Å². The molecule has 2 N–H and O–H groups in total. The van der Waals surface area contributed by atoms with Gasteiger partial charge in [-0.2, -0.15) is 17.4 Å². The van der Waals surface area contributed by atoms with Crippen molar-refractivity contribution in [1.29, 1.82) is 0 Å². The first-order valence-electron chi connectivity index (χ1n) is 6.88. The number of aliphatic hydroxyl groups is 1. The molecule has 1 aliphatic rings. The Kier molecular flexibility index (Phi) is 6.11. The fourth-order valence-electron chi connectivity index (χ4n) is 2.01. The van der Waals surface area contributed by atoms with Crippen molar-refractivity contribution in [2.24, 2.45) is 0 Å². The van der Waals surface area contributed by atoms with Gasteiger partial charge in [0.25, 0.3) is 10.2 Å². The molecule has 0 bridgehead atoms. The molecule has 0 unspecified atom stereocenters. The van der Waals surface area contributed by atoms with Crippen molar-refractivity contribution < 1.29 is 27.8 Å². The predicted octanol–water partition coefficient (Wildman–Crippen LogP) is -0.756. The van der Waals surface area contributed by atoms with Gasteiger partial charge in [0.05, 0.1) is 25.4 Å². The monoisotopic (exact) mass is 324 g/mol. The van der Waals surface area contributed by atoms with Crippen LogP contribution in [0.4, 0.5) is 0 Å². The lowest BCUT2D eigenvalue weighted by molar-refractivity contribution is -0.162. The van der Waals surface area contributed by atoms with Crippen LogP contribution < -0.4 is 4.72 Å². The van der Waals surface area contributed by atoms with Gasteiger partial charge in [-0.1, -0.05) is 0 Å². The summed E-state index contributed by atoms with van der Waals surface area (Å²) in [4.78, 5) is 11.5. The second kappa shape index (κ2) is 7.01. The van der Waals surface area contributed by atoms with E-state index in [2.05, 4.69) is 4.72 Å². The van der Waals surface area contributed by atoms with E-state index in [9.17, 15) is 18.3 Å². The number of carbonyl (C=O) groups is 1. The molecule has 0 aromatic rings. The molecule has 1 saturated heterocycles. The van der Waals surface area contributed by atoms with Gasteiger partial charge in [-0.05, 0) is 27.7 Å². The first-order chi connectivity index (χ1) is 9.58. The number of morpholine rings is 1. The molecule has 21 heavy (non-hydrogen) atoms. The normalized spacial score (nSPS) is 27.1. The molecule has 3 atom stereocenters. The van der Waals surface area contributed by atoms with Crippen LogP contribution in [0.1, 0.15) is 27.7 Å². The zero-order chi connectivity index (χ0) is 16.3. The number of esters is 1. The first-order valence-corrected chi connectivity index (χ1v) is 8.32. The molecule has 0 spiro atoms. The fraction of sp³-hybridized carbons (Fsp3) is 0.917. The number of ether oxygens (including phenoxy) is 2. The van der Waals surface area contributed by atoms with E-state index >= 15 is 0 Å². The van der Waals surface area contributed by atoms with E-state index in [1.54, 1.807) is 20.8 Å². The van der Waals surface area contributed by atoms with Crippen LogP contribution >= 0.6 is 0 Å². The van der Waals surface area contributed by atoms with Gasteiger partial charge >= 0.3 is 5.97 Å². The van der Waals surface area contributed by atoms with E-state index < -0.39 is 28.3 Å². The first kappa shape index (κ1) is 18.3. The quantitative estimate of drug-likeness (QED) is 0.623. The second-order valence-corrected chi connectivity index (χ2v) is 7.15. The minimum Gasteiger partial charge on any atom is -0.464 e. The molecule has 0 aromatic heterocycles. The third-order valence-corrected chi connectivity index (χ3v) is 4.53. The number of nitrogens with zero attached hydrogens (tertiary/aromatic N) is 1. The molecule has 1 fully saturated rings. The molecule has 0 radical (unpaired) electrons. The Hall–Kier alpha value is -0.740. The Labute approximate surface area is 125 Å². The molecule has 0 aliphatic carbocycles. The summed E-state index contributed by atoms with van der Waals surface area (Å²) in [5.74, 6) is -0.864. The molecule has 0 saturated carbocycles. The van der Waals surface area contributed by atoms with Crippen LogP contribution in [0.2, 0.25) is 0 Å². The molecule has 1 aliphatic heterocycles. The minimum absolute atomic E-state index is 0.111. The Morgan fingerprint density at radius 3 is 2.43 bits per heavy atom. The molecule has 8 nitrogen and oxygen atoms in total. The van der Waals surface area contributed by atoms with Crippen molar-refractivity contribution in [3.8, 4) is 0 Å². The largest absolute Gasteiger partial charge is 0.464 e. The van der Waals surface area contributed by atoms with Gasteiger partial charge in [0.1, 0.15) is 0 Å². The molecule has 9 heteroatoms. The van der Waals surface area contributed by atoms with Gasteiger partial charge in [0.2, 0.25) is 0 Å². The van der Waals surface area contributed by atoms with E-state index in [1.165, 1.54) is 11.2 Å². The molecular formula is C12H24N2O6S. The minimum atomic E-state index is -3.80. The van der Waals surface area contributed by atoms with Crippen molar-refractivity contribution in [2.75, 3.05) is 26.2 Å². The highest BCUT2D eigenvalue weighted by molar-refractivity contribution is 7.87. The highest BCUT2D eigenvalue weighted by atomic mass is 32.2. The van der Waals surface area contributed by atoms with Crippen molar-refractivity contribution in [2.45, 2.75) is 45.5 Å². The Morgan fingerprint density at radius 2 is 1.95 bits per heavy atom. The molecule has 1 heterocycles. The Bertz CT molecular complexity index is 454. The van der Waals surface area contributed by atoms with Crippen LogP contribution in [-0.4, -0.2) is 67.8 Å². The number of hydrogen-bond acceptors (Lipinski definition) is 6. The van der Waals surface area contributed by atoms with Gasteiger partial charge in [-0.3, -0.25) is 0 Å². The maximum absolute atomic E-state index is 12.2. The van der Waals surface area contributed by atoms with E-state index in [4.69, 9.17) is 9.47 Å². The summed E-state index contributed by atoms with van der Waals surface area (Å²) < 4.78 is 38.0. The van der Waals surface area contributed by atoms with Crippen molar-refractivity contribution in [1.82, 2.24) is 9.03 Å². The van der Waals surface area contributed by atoms with Crippen LogP contribution in [0.25, 0.3) is 0 Å². The van der Waals surface area contributed by atoms with Crippen LogP contribution in [0.15, 0.2) is 0 Å². The third kappa shape index (κ3) is 5.19. The lowest BCUT2D eigenvalue weighted by Crippen LogP contribution is -2.55. The summed E-state index contributed by atoms with van der Waals surface area (Å²) in [5.41, 5.74) is -1.91. The molecule has 0 aromatic carbocycles. The molecule has 0 amide bonds. The number of rotatable bonds is 6. The van der Waals surface area contributed by atoms with Gasteiger partial charge in [0.15, 0.2) is 5.60 Å². The van der Waals surface area contributed by atoms with Gasteiger partial charge < -0.3 is 14.6 Å². The highest BCUT2D eigenvalue weighted by Crippen LogP contribution is 2.14. The lowest BCUT2D eigenvalue weighted by Gasteiger charge is -2.34. The Balaban J connectivity index is 2.66. The van der Waals surface area contributed by atoms with Gasteiger partial charge in [-0.25, -0.2) is 4.79 Å². The summed E-state index contributed by atoms with van der Waals surface area (Å²) in [7, 11) is -3.80. The van der Waals surface area contributed by atoms with E-state index in [0.717, 1.165) is 0 Å². The number of hydrogen-bond donors (Lipinski definition) is 2. The average molecular weight is 324 g/mol. The molecule has 124 valence electrons. The zero-order valence-electron chi connectivity index (χ0n) is 12.8. The summed E-state index contributed by atoms with van der Waals surface area (Å²) in [6.45, 7) is 6.49. The van der Waals surface area contributed by atoms with E-state index in [1.807, 2.05) is 0 Å². The van der Waals surface area contributed by atoms with Gasteiger partial charge in [0, 0.05) is 13.1 Å². The lowest BCUT2D eigenvalue weighted by atomic mass is 10.1. The molecule has 1 rings (SSSR count). The average Bonchev–Trinajstić information content (AvgIpc) is 2.36. The maximum Gasteiger partial charge on any atom is 0.339 e. The maximum atomic E-state index is 12.2. The smallest absolute Gasteiger partial charge is 0.339 e. The van der Waals surface area contributed by atoms with Gasteiger partial charge in [-0.15, -0.1) is 0 Å². The second-order valence-electron chi connectivity index (χ2n) is 5.39. The highest BCUT2D eigenvalue weighted by Gasteiger charge is 2.36. The summed E-state index contributed by atoms with van der Waals surface area (Å²) in [5, 5.41) is 9.94. The predicted molar refractivity (Wildman–Crippen MR) is 75.8 cm³/mol. The third-order valence-electron chi connectivity index (χ3n) is 3.04. The SMILES string of the molecule is CCOC(=O)[C@](C)(O)CNS(=O)(=O)N1C[C@H](C)O[C@@H](C)C1. The standard InChI is InChI=1S/C12H24N2O6S/c1-5-19-11(15)12(4,16)8-13-21(17,18)14-6-9(2)20-10(3)7-14/h9-10,13,16H,5-8H2,1-4H3/t9-,10-,12+/m0/s1. The van der Waals surface area contributed by atoms with Crippen LogP contribution in [-0.2, 0) is 24.5 Å². The van der Waals surface area contributed by atoms with Crippen LogP contribution in [0.3, 0.4) is 0 Å². The number of nitrogens with one attached hydrogen (secondary N) is 1. The van der Waals surface area contributed by atoms with Crippen molar-refractivity contribution >= 4 is 16.2 Å². The number of carbonyl (C=O) groups excluding carboxylic acids is 1. The Morgan fingerprint density at radius 1 is 1.43 bits per heavy atom. The fourth-order valence-corrected chi connectivity index (χ4v) is 3.47. The van der Waals surface area contributed by atoms with Crippen LogP contribution in [0.5, 0.6) is 0 Å². The molecular weight excluding hydrogens is 300 g/mol. The van der Waals surface area contributed by atoms with Crippen LogP contribution in [0, 0.1) is 0 Å². The van der Waals surface area contributed by atoms with E-state index in [-0.39, 0.29) is 31.9 Å². The zero-order valence-corrected chi connectivity index (χ0v) is 13.6. The van der Waals surface area contributed by atoms with E-state index in [0.29, 0.717) is 0 Å². The van der Waals surface area contributed by atoms with Crippen molar-refractivity contribution in [3.63, 3.8) is 0 Å². The van der Waals surface area contributed by atoms with Crippen molar-refractivity contribution in [3.05, 3.63) is 0 Å². The summed E-state index contributed by atoms with van der Waals surface area (Å²) in [6.07, 6.45) is -0.424.